The van der Waals surface area contributed by atoms with Gasteiger partial charge in [0.25, 0.3) is 0 Å². The van der Waals surface area contributed by atoms with Crippen molar-refractivity contribution in [2.45, 2.75) is 77.5 Å². The van der Waals surface area contributed by atoms with Crippen LogP contribution in [-0.2, 0) is 28.9 Å². The molecule has 1 atom stereocenters. The summed E-state index contributed by atoms with van der Waals surface area (Å²) in [4.78, 5) is 25.4. The summed E-state index contributed by atoms with van der Waals surface area (Å²) in [6.07, 6.45) is 6.27. The van der Waals surface area contributed by atoms with E-state index < -0.39 is 33.6 Å². The molecular formula is C25H38O6S. The molecule has 0 N–H and O–H groups in total. The largest absolute Gasteiger partial charge is 0.465 e. The molecule has 0 aliphatic rings. The van der Waals surface area contributed by atoms with E-state index in [4.69, 9.17) is 9.47 Å². The van der Waals surface area contributed by atoms with Crippen LogP contribution < -0.4 is 0 Å². The molecule has 0 heterocycles. The Morgan fingerprint density at radius 3 is 1.88 bits per heavy atom. The average Bonchev–Trinajstić information content (AvgIpc) is 2.75. The summed E-state index contributed by atoms with van der Waals surface area (Å²) in [7, 11) is -3.96. The van der Waals surface area contributed by atoms with Gasteiger partial charge in [0.2, 0.25) is 9.84 Å². The predicted molar refractivity (Wildman–Crippen MR) is 126 cm³/mol. The molecular weight excluding hydrogens is 428 g/mol. The fourth-order valence-corrected chi connectivity index (χ4v) is 5.06. The summed E-state index contributed by atoms with van der Waals surface area (Å²) in [5.74, 6) is -3.84. The first kappa shape index (κ1) is 27.9. The van der Waals surface area contributed by atoms with Gasteiger partial charge in [-0.3, -0.25) is 9.59 Å². The van der Waals surface area contributed by atoms with Gasteiger partial charge in [-0.25, -0.2) is 8.42 Å². The number of benzene rings is 1. The third-order valence-electron chi connectivity index (χ3n) is 5.44. The first-order chi connectivity index (χ1) is 15.2. The molecule has 7 heteroatoms. The Kier molecular flexibility index (Phi) is 12.3. The van der Waals surface area contributed by atoms with Crippen LogP contribution in [-0.4, -0.2) is 33.6 Å². The van der Waals surface area contributed by atoms with Crippen molar-refractivity contribution < 1.29 is 27.5 Å². The lowest BCUT2D eigenvalue weighted by molar-refractivity contribution is -0.163. The van der Waals surface area contributed by atoms with Gasteiger partial charge in [0.1, 0.15) is 0 Å². The highest BCUT2D eigenvalue weighted by molar-refractivity contribution is 7.95. The first-order valence-electron chi connectivity index (χ1n) is 11.5. The molecule has 1 unspecified atom stereocenters. The van der Waals surface area contributed by atoms with Crippen LogP contribution in [0.25, 0.3) is 0 Å². The Morgan fingerprint density at radius 1 is 0.875 bits per heavy atom. The molecule has 0 spiro atoms. The molecule has 1 aromatic carbocycles. The van der Waals surface area contributed by atoms with E-state index in [1.807, 2.05) is 6.92 Å². The number of carbonyl (C=O) groups is 2. The third-order valence-corrected chi connectivity index (χ3v) is 7.33. The van der Waals surface area contributed by atoms with Crippen molar-refractivity contribution in [1.82, 2.24) is 0 Å². The van der Waals surface area contributed by atoms with E-state index in [0.717, 1.165) is 37.7 Å². The van der Waals surface area contributed by atoms with E-state index in [2.05, 4.69) is 13.5 Å². The Labute approximate surface area is 193 Å². The summed E-state index contributed by atoms with van der Waals surface area (Å²) in [6, 6.07) is 6.44. The lowest BCUT2D eigenvalue weighted by Gasteiger charge is -2.26. The highest BCUT2D eigenvalue weighted by atomic mass is 32.2. The van der Waals surface area contributed by atoms with Crippen molar-refractivity contribution in [2.75, 3.05) is 13.2 Å². The van der Waals surface area contributed by atoms with Crippen LogP contribution in [0.1, 0.15) is 71.3 Å². The maximum absolute atomic E-state index is 13.3. The maximum atomic E-state index is 13.3. The molecule has 0 bridgehead atoms. The van der Waals surface area contributed by atoms with Gasteiger partial charge in [0, 0.05) is 10.8 Å². The lowest BCUT2D eigenvalue weighted by Crippen LogP contribution is -2.36. The monoisotopic (exact) mass is 466 g/mol. The third kappa shape index (κ3) is 8.08. The smallest absolute Gasteiger partial charge is 0.320 e. The van der Waals surface area contributed by atoms with Crippen molar-refractivity contribution in [2.24, 2.45) is 11.8 Å². The Morgan fingerprint density at radius 2 is 1.38 bits per heavy atom. The number of esters is 2. The second kappa shape index (κ2) is 14.1. The summed E-state index contributed by atoms with van der Waals surface area (Å²) in [6.45, 7) is 11.3. The van der Waals surface area contributed by atoms with Crippen LogP contribution in [0.5, 0.6) is 0 Å². The van der Waals surface area contributed by atoms with Crippen molar-refractivity contribution in [3.63, 3.8) is 0 Å². The summed E-state index contributed by atoms with van der Waals surface area (Å²) in [5, 5.41) is 0. The number of hydrogen-bond acceptors (Lipinski definition) is 6. The van der Waals surface area contributed by atoms with Crippen molar-refractivity contribution in [1.29, 1.82) is 0 Å². The Balaban J connectivity index is 3.25. The number of hydrogen-bond donors (Lipinski definition) is 0. The minimum atomic E-state index is -3.96. The zero-order valence-corrected chi connectivity index (χ0v) is 20.7. The van der Waals surface area contributed by atoms with Crippen molar-refractivity contribution >= 4 is 21.8 Å². The van der Waals surface area contributed by atoms with E-state index in [1.54, 1.807) is 26.0 Å². The number of aryl methyl sites for hydroxylation is 1. The molecule has 0 radical (unpaired) electrons. The van der Waals surface area contributed by atoms with Gasteiger partial charge < -0.3 is 9.47 Å². The Hall–Kier alpha value is -2.15. The number of ether oxygens (including phenoxy) is 2. The van der Waals surface area contributed by atoms with E-state index in [1.165, 1.54) is 12.1 Å². The standard InChI is InChI=1S/C25H38O6S/c1-6-9-10-11-12-13-14-22(23(24(26)30-7-2)25(27)31-8-3)20(5)32(28,29)21-17-15-19(4)16-18-21/h15-18,22-23H,5-14H2,1-4H3. The SMILES string of the molecule is C=C(C(CCCCCCCC)C(C(=O)OCC)C(=O)OCC)S(=O)(=O)c1ccc(C)cc1. The molecule has 1 aromatic rings. The molecule has 32 heavy (non-hydrogen) atoms. The molecule has 0 aliphatic heterocycles. The maximum Gasteiger partial charge on any atom is 0.320 e. The van der Waals surface area contributed by atoms with E-state index in [-0.39, 0.29) is 23.0 Å². The highest BCUT2D eigenvalue weighted by Crippen LogP contribution is 2.34. The Bertz CT molecular complexity index is 824. The normalized spacial score (nSPS) is 12.4. The van der Waals surface area contributed by atoms with Gasteiger partial charge in [-0.05, 0) is 39.3 Å². The number of allylic oxidation sites excluding steroid dienone is 1. The van der Waals surface area contributed by atoms with E-state index in [9.17, 15) is 18.0 Å². The van der Waals surface area contributed by atoms with Gasteiger partial charge in [0.05, 0.1) is 18.1 Å². The number of rotatable bonds is 15. The van der Waals surface area contributed by atoms with Crippen LogP contribution in [0.2, 0.25) is 0 Å². The minimum absolute atomic E-state index is 0.0790. The van der Waals surface area contributed by atoms with Crippen LogP contribution >= 0.6 is 0 Å². The topological polar surface area (TPSA) is 86.7 Å². The van der Waals surface area contributed by atoms with Crippen LogP contribution in [0, 0.1) is 18.8 Å². The van der Waals surface area contributed by atoms with Gasteiger partial charge in [-0.1, -0.05) is 69.7 Å². The fraction of sp³-hybridized carbons (Fsp3) is 0.600. The van der Waals surface area contributed by atoms with Gasteiger partial charge in [-0.15, -0.1) is 0 Å². The molecule has 1 rings (SSSR count). The quantitative estimate of drug-likeness (QED) is 0.196. The molecule has 0 fully saturated rings. The summed E-state index contributed by atoms with van der Waals surface area (Å²) >= 11 is 0. The second-order valence-corrected chi connectivity index (χ2v) is 9.93. The van der Waals surface area contributed by atoms with Gasteiger partial charge in [-0.2, -0.15) is 0 Å². The number of carbonyl (C=O) groups excluding carboxylic acids is 2. The van der Waals surface area contributed by atoms with Crippen LogP contribution in [0.3, 0.4) is 0 Å². The fourth-order valence-electron chi connectivity index (χ4n) is 3.62. The summed E-state index contributed by atoms with van der Waals surface area (Å²) < 4.78 is 36.9. The summed E-state index contributed by atoms with van der Waals surface area (Å²) in [5.41, 5.74) is 0.925. The minimum Gasteiger partial charge on any atom is -0.465 e. The number of unbranched alkanes of at least 4 members (excludes halogenated alkanes) is 5. The zero-order valence-electron chi connectivity index (χ0n) is 19.9. The van der Waals surface area contributed by atoms with Crippen LogP contribution in [0.4, 0.5) is 0 Å². The molecule has 0 saturated heterocycles. The molecule has 0 saturated carbocycles. The zero-order chi connectivity index (χ0) is 24.1. The average molecular weight is 467 g/mol. The highest BCUT2D eigenvalue weighted by Gasteiger charge is 2.42. The van der Waals surface area contributed by atoms with Gasteiger partial charge >= 0.3 is 11.9 Å². The number of sulfone groups is 1. The molecule has 0 amide bonds. The predicted octanol–water partition coefficient (Wildman–Crippen LogP) is 5.39. The first-order valence-corrected chi connectivity index (χ1v) is 13.0. The van der Waals surface area contributed by atoms with Crippen molar-refractivity contribution in [3.8, 4) is 0 Å². The van der Waals surface area contributed by atoms with Gasteiger partial charge in [0.15, 0.2) is 5.92 Å². The molecule has 180 valence electrons. The lowest BCUT2D eigenvalue weighted by atomic mass is 9.87. The van der Waals surface area contributed by atoms with Crippen molar-refractivity contribution in [3.05, 3.63) is 41.3 Å². The van der Waals surface area contributed by atoms with E-state index >= 15 is 0 Å². The second-order valence-electron chi connectivity index (χ2n) is 7.93. The molecule has 6 nitrogen and oxygen atoms in total. The molecule has 0 aliphatic carbocycles. The molecule has 0 aromatic heterocycles. The van der Waals surface area contributed by atoms with E-state index in [0.29, 0.717) is 12.8 Å². The van der Waals surface area contributed by atoms with Crippen LogP contribution in [0.15, 0.2) is 40.6 Å².